The van der Waals surface area contributed by atoms with Crippen LogP contribution in [-0.4, -0.2) is 63.4 Å². The highest BCUT2D eigenvalue weighted by molar-refractivity contribution is 7.89. The number of carbonyl (C=O) groups is 1. The molecule has 0 spiro atoms. The average Bonchev–Trinajstić information content (AvgIpc) is 3.06. The second-order valence-electron chi connectivity index (χ2n) is 8.20. The molecule has 1 saturated heterocycles. The molecule has 2 fully saturated rings. The summed E-state index contributed by atoms with van der Waals surface area (Å²) in [7, 11) is -2.76. The van der Waals surface area contributed by atoms with Gasteiger partial charge in [0, 0.05) is 12.1 Å². The maximum Gasteiger partial charge on any atom is 0.410 e. The maximum atomic E-state index is 12.8. The largest absolute Gasteiger partial charge is 0.453 e. The van der Waals surface area contributed by atoms with E-state index in [9.17, 15) is 17.6 Å². The van der Waals surface area contributed by atoms with Crippen molar-refractivity contribution in [2.24, 2.45) is 0 Å². The summed E-state index contributed by atoms with van der Waals surface area (Å²) >= 11 is 0. The van der Waals surface area contributed by atoms with Gasteiger partial charge in [0.05, 0.1) is 25.9 Å². The number of nitrogens with zero attached hydrogens (tertiary/aromatic N) is 1. The van der Waals surface area contributed by atoms with Crippen molar-refractivity contribution in [2.75, 3.05) is 19.7 Å². The van der Waals surface area contributed by atoms with Crippen molar-refractivity contribution in [1.29, 1.82) is 0 Å². The minimum absolute atomic E-state index is 0.0544. The summed E-state index contributed by atoms with van der Waals surface area (Å²) in [4.78, 5) is 13.8. The number of alkyl halides is 1. The number of benzene rings is 1. The summed E-state index contributed by atoms with van der Waals surface area (Å²) in [6.07, 6.45) is 3.75. The zero-order valence-corrected chi connectivity index (χ0v) is 18.3. The van der Waals surface area contributed by atoms with Crippen LogP contribution in [0.4, 0.5) is 9.18 Å². The van der Waals surface area contributed by atoms with Gasteiger partial charge < -0.3 is 9.47 Å². The number of sulfonamides is 1. The van der Waals surface area contributed by atoms with E-state index in [0.29, 0.717) is 12.3 Å². The van der Waals surface area contributed by atoms with Gasteiger partial charge in [0.15, 0.2) is 0 Å². The van der Waals surface area contributed by atoms with Crippen molar-refractivity contribution in [3.8, 4) is 0 Å². The maximum absolute atomic E-state index is 12.8. The van der Waals surface area contributed by atoms with Crippen LogP contribution in [0.25, 0.3) is 0 Å². The first kappa shape index (κ1) is 23.0. The molecule has 1 amide bonds. The zero-order valence-electron chi connectivity index (χ0n) is 17.5. The summed E-state index contributed by atoms with van der Waals surface area (Å²) in [6.45, 7) is 2.00. The molecule has 3 atom stereocenters. The van der Waals surface area contributed by atoms with Crippen LogP contribution in [0.15, 0.2) is 30.3 Å². The molecule has 7 nitrogen and oxygen atoms in total. The van der Waals surface area contributed by atoms with Gasteiger partial charge in [-0.25, -0.2) is 22.3 Å². The summed E-state index contributed by atoms with van der Waals surface area (Å²) < 4.78 is 49.8. The van der Waals surface area contributed by atoms with Crippen LogP contribution in [0.3, 0.4) is 0 Å². The molecule has 168 valence electrons. The Bertz CT molecular complexity index is 799. The van der Waals surface area contributed by atoms with Crippen LogP contribution in [0.1, 0.15) is 50.5 Å². The third kappa shape index (κ3) is 5.50. The van der Waals surface area contributed by atoms with Crippen LogP contribution in [-0.2, 0) is 19.5 Å². The van der Waals surface area contributed by atoms with E-state index in [4.69, 9.17) is 9.47 Å². The molecule has 0 aromatic heterocycles. The van der Waals surface area contributed by atoms with Gasteiger partial charge in [-0.1, -0.05) is 30.3 Å². The second kappa shape index (κ2) is 10.1. The van der Waals surface area contributed by atoms with Crippen molar-refractivity contribution in [3.63, 3.8) is 0 Å². The minimum Gasteiger partial charge on any atom is -0.453 e. The molecule has 1 aliphatic heterocycles. The van der Waals surface area contributed by atoms with Crippen molar-refractivity contribution in [3.05, 3.63) is 35.9 Å². The van der Waals surface area contributed by atoms with E-state index in [-0.39, 0.29) is 18.8 Å². The highest BCUT2D eigenvalue weighted by atomic mass is 32.2. The van der Waals surface area contributed by atoms with Crippen molar-refractivity contribution >= 4 is 16.1 Å². The molecular weight excluding hydrogens is 411 g/mol. The number of nitrogens with one attached hydrogen (secondary N) is 1. The summed E-state index contributed by atoms with van der Waals surface area (Å²) in [5.41, 5.74) is 1.35. The molecule has 1 aliphatic carbocycles. The number of halogens is 1. The molecule has 1 aromatic rings. The third-order valence-corrected chi connectivity index (χ3v) is 7.15. The first-order valence-electron chi connectivity index (χ1n) is 10.4. The fourth-order valence-corrected chi connectivity index (χ4v) is 5.47. The van der Waals surface area contributed by atoms with Crippen molar-refractivity contribution in [2.45, 2.75) is 69.2 Å². The van der Waals surface area contributed by atoms with Gasteiger partial charge in [0.25, 0.3) is 0 Å². The SMILES string of the molecule is COC(=O)N1[C@H](C)C[C@H](NS(=O)(=O)CF)[C@@H]1CO[C@H]1CC[C@@H](c2ccccc2)CC1. The molecule has 30 heavy (non-hydrogen) atoms. The summed E-state index contributed by atoms with van der Waals surface area (Å²) in [6, 6.07) is 7.55. The molecule has 1 heterocycles. The number of amides is 1. The number of hydrogen-bond donors (Lipinski definition) is 1. The molecule has 1 saturated carbocycles. The lowest BCUT2D eigenvalue weighted by atomic mass is 9.83. The molecule has 0 unspecified atom stereocenters. The van der Waals surface area contributed by atoms with Crippen LogP contribution in [0, 0.1) is 0 Å². The number of methoxy groups -OCH3 is 1. The third-order valence-electron chi connectivity index (χ3n) is 6.20. The molecule has 3 rings (SSSR count). The zero-order chi connectivity index (χ0) is 21.7. The highest BCUT2D eigenvalue weighted by Crippen LogP contribution is 2.34. The molecule has 0 bridgehead atoms. The van der Waals surface area contributed by atoms with Gasteiger partial charge in [-0.2, -0.15) is 0 Å². The monoisotopic (exact) mass is 442 g/mol. The molecule has 9 heteroatoms. The van der Waals surface area contributed by atoms with Gasteiger partial charge in [0.1, 0.15) is 0 Å². The summed E-state index contributed by atoms with van der Waals surface area (Å²) in [5.74, 6) is 0.522. The average molecular weight is 443 g/mol. The van der Waals surface area contributed by atoms with Crippen LogP contribution in [0.2, 0.25) is 0 Å². The Morgan fingerprint density at radius 1 is 1.20 bits per heavy atom. The molecule has 0 radical (unpaired) electrons. The van der Waals surface area contributed by atoms with E-state index in [1.54, 1.807) is 0 Å². The Morgan fingerprint density at radius 2 is 1.87 bits per heavy atom. The number of carbonyl (C=O) groups excluding carboxylic acids is 1. The van der Waals surface area contributed by atoms with Crippen LogP contribution < -0.4 is 4.72 Å². The Labute approximate surface area is 178 Å². The number of hydrogen-bond acceptors (Lipinski definition) is 5. The number of likely N-dealkylation sites (tertiary alicyclic amines) is 1. The van der Waals surface area contributed by atoms with Gasteiger partial charge >= 0.3 is 6.09 Å². The Balaban J connectivity index is 1.61. The highest BCUT2D eigenvalue weighted by Gasteiger charge is 2.44. The fourth-order valence-electron chi connectivity index (χ4n) is 4.69. The standard InChI is InChI=1S/C21H31FN2O5S/c1-15-12-19(23-30(26,27)14-22)20(24(15)21(25)28-2)13-29-18-10-8-17(9-11-18)16-6-4-3-5-7-16/h3-7,15,17-20,23H,8-14H2,1-2H3/t15-,17-,18+,19+,20+/m1/s1. The lowest BCUT2D eigenvalue weighted by Gasteiger charge is -2.33. The van der Waals surface area contributed by atoms with Gasteiger partial charge in [0.2, 0.25) is 16.0 Å². The molecule has 1 aromatic carbocycles. The first-order valence-corrected chi connectivity index (χ1v) is 12.1. The molecule has 2 aliphatic rings. The van der Waals surface area contributed by atoms with Crippen LogP contribution >= 0.6 is 0 Å². The second-order valence-corrected chi connectivity index (χ2v) is 9.88. The quantitative estimate of drug-likeness (QED) is 0.701. The fraction of sp³-hybridized carbons (Fsp3) is 0.667. The number of rotatable bonds is 7. The molecule has 1 N–H and O–H groups in total. The lowest BCUT2D eigenvalue weighted by molar-refractivity contribution is -0.00861. The Kier molecular flexibility index (Phi) is 7.70. The predicted octanol–water partition coefficient (Wildman–Crippen LogP) is 3.17. The van der Waals surface area contributed by atoms with Crippen molar-refractivity contribution < 1.29 is 27.1 Å². The minimum atomic E-state index is -4.05. The Morgan fingerprint density at radius 3 is 2.47 bits per heavy atom. The lowest BCUT2D eigenvalue weighted by Crippen LogP contribution is -2.50. The smallest absolute Gasteiger partial charge is 0.410 e. The summed E-state index contributed by atoms with van der Waals surface area (Å²) in [5, 5.41) is 0. The first-order chi connectivity index (χ1) is 14.3. The predicted molar refractivity (Wildman–Crippen MR) is 111 cm³/mol. The van der Waals surface area contributed by atoms with E-state index in [1.807, 2.05) is 13.0 Å². The Hall–Kier alpha value is -1.71. The van der Waals surface area contributed by atoms with Gasteiger partial charge in [-0.3, -0.25) is 4.90 Å². The van der Waals surface area contributed by atoms with Crippen LogP contribution in [0.5, 0.6) is 0 Å². The van der Waals surface area contributed by atoms with Crippen molar-refractivity contribution in [1.82, 2.24) is 9.62 Å². The van der Waals surface area contributed by atoms with Gasteiger partial charge in [-0.05, 0) is 50.5 Å². The molecular formula is C21H31FN2O5S. The normalized spacial score (nSPS) is 29.7. The van der Waals surface area contributed by atoms with E-state index in [2.05, 4.69) is 29.0 Å². The topological polar surface area (TPSA) is 84.9 Å². The van der Waals surface area contributed by atoms with Gasteiger partial charge in [-0.15, -0.1) is 0 Å². The van der Waals surface area contributed by atoms with E-state index in [1.165, 1.54) is 17.6 Å². The number of ether oxygens (including phenoxy) is 2. The van der Waals surface area contributed by atoms with E-state index < -0.39 is 34.2 Å². The van der Waals surface area contributed by atoms with E-state index >= 15 is 0 Å². The van der Waals surface area contributed by atoms with E-state index in [0.717, 1.165) is 25.7 Å².